The van der Waals surface area contributed by atoms with Crippen LogP contribution in [0.25, 0.3) is 0 Å². The van der Waals surface area contributed by atoms with Gasteiger partial charge in [-0.3, -0.25) is 14.5 Å². The van der Waals surface area contributed by atoms with Crippen molar-refractivity contribution in [3.05, 3.63) is 42.0 Å². The molecule has 0 saturated carbocycles. The molecule has 0 aliphatic carbocycles. The highest BCUT2D eigenvalue weighted by atomic mass is 16.3. The van der Waals surface area contributed by atoms with Crippen LogP contribution in [0.2, 0.25) is 0 Å². The number of phenolic OH excluding ortho intramolecular Hbond substituents is 1. The van der Waals surface area contributed by atoms with Gasteiger partial charge in [-0.25, -0.2) is 0 Å². The Labute approximate surface area is 92.8 Å². The molecular weight excluding hydrogens is 206 g/mol. The van der Waals surface area contributed by atoms with Gasteiger partial charge >= 0.3 is 0 Å². The summed E-state index contributed by atoms with van der Waals surface area (Å²) >= 11 is 0. The van der Waals surface area contributed by atoms with E-state index in [4.69, 9.17) is 5.11 Å². The van der Waals surface area contributed by atoms with Gasteiger partial charge in [0.2, 0.25) is 0 Å². The van der Waals surface area contributed by atoms with Crippen molar-refractivity contribution in [2.45, 2.75) is 13.0 Å². The second-order valence-corrected chi connectivity index (χ2v) is 3.65. The molecular formula is C12H11NO3. The highest BCUT2D eigenvalue weighted by Gasteiger charge is 2.29. The van der Waals surface area contributed by atoms with Crippen LogP contribution in [0, 0.1) is 0 Å². The summed E-state index contributed by atoms with van der Waals surface area (Å²) in [6.07, 6.45) is 2.53. The molecule has 1 aliphatic heterocycles. The first-order valence-corrected chi connectivity index (χ1v) is 4.94. The lowest BCUT2D eigenvalue weighted by Crippen LogP contribution is -2.32. The van der Waals surface area contributed by atoms with Gasteiger partial charge in [-0.15, -0.1) is 0 Å². The molecule has 1 aromatic carbocycles. The fourth-order valence-electron chi connectivity index (χ4n) is 1.70. The molecule has 0 saturated heterocycles. The number of carbonyl (C=O) groups is 2. The normalized spacial score (nSPS) is 16.9. The third-order valence-corrected chi connectivity index (χ3v) is 2.61. The molecule has 1 aromatic rings. The maximum atomic E-state index is 11.4. The molecule has 82 valence electrons. The lowest BCUT2D eigenvalue weighted by Gasteiger charge is -2.22. The molecule has 0 aromatic heterocycles. The average molecular weight is 217 g/mol. The number of hydrogen-bond acceptors (Lipinski definition) is 3. The zero-order valence-electron chi connectivity index (χ0n) is 8.75. The summed E-state index contributed by atoms with van der Waals surface area (Å²) in [4.78, 5) is 24.1. The van der Waals surface area contributed by atoms with E-state index in [-0.39, 0.29) is 23.6 Å². The van der Waals surface area contributed by atoms with Crippen LogP contribution in [0.5, 0.6) is 5.75 Å². The molecule has 4 heteroatoms. The summed E-state index contributed by atoms with van der Waals surface area (Å²) in [5.41, 5.74) is 0.809. The molecule has 0 unspecified atom stereocenters. The van der Waals surface area contributed by atoms with Gasteiger partial charge in [0, 0.05) is 12.2 Å². The van der Waals surface area contributed by atoms with Crippen LogP contribution in [0.3, 0.4) is 0 Å². The topological polar surface area (TPSA) is 57.6 Å². The summed E-state index contributed by atoms with van der Waals surface area (Å²) in [5.74, 6) is -0.440. The van der Waals surface area contributed by atoms with Crippen LogP contribution in [0.1, 0.15) is 18.5 Å². The molecule has 1 N–H and O–H groups in total. The van der Waals surface area contributed by atoms with Crippen LogP contribution in [0.15, 0.2) is 36.4 Å². The number of hydrogen-bond donors (Lipinski definition) is 1. The lowest BCUT2D eigenvalue weighted by molar-refractivity contribution is -0.139. The van der Waals surface area contributed by atoms with Crippen molar-refractivity contribution in [1.82, 2.24) is 4.90 Å². The van der Waals surface area contributed by atoms with Crippen LogP contribution < -0.4 is 0 Å². The Morgan fingerprint density at radius 3 is 2.06 bits per heavy atom. The predicted octanol–water partition coefficient (Wildman–Crippen LogP) is 1.38. The third-order valence-electron chi connectivity index (χ3n) is 2.61. The molecule has 4 nitrogen and oxygen atoms in total. The van der Waals surface area contributed by atoms with Gasteiger partial charge in [-0.1, -0.05) is 12.1 Å². The second-order valence-electron chi connectivity index (χ2n) is 3.65. The fraction of sp³-hybridized carbons (Fsp3) is 0.167. The van der Waals surface area contributed by atoms with Crippen molar-refractivity contribution >= 4 is 11.8 Å². The molecule has 1 atom stereocenters. The Morgan fingerprint density at radius 2 is 1.56 bits per heavy atom. The standard InChI is InChI=1S/C12H11NO3/c1-8(9-2-4-10(14)5-3-9)13-11(15)6-7-12(13)16/h2-8,14H,1H3/t8-/m0/s1. The summed E-state index contributed by atoms with van der Waals surface area (Å²) < 4.78 is 0. The monoisotopic (exact) mass is 217 g/mol. The van der Waals surface area contributed by atoms with Crippen molar-refractivity contribution in [2.75, 3.05) is 0 Å². The summed E-state index contributed by atoms with van der Waals surface area (Å²) in [7, 11) is 0. The first-order chi connectivity index (χ1) is 7.59. The summed E-state index contributed by atoms with van der Waals surface area (Å²) in [5, 5.41) is 9.15. The molecule has 0 radical (unpaired) electrons. The van der Waals surface area contributed by atoms with Crippen molar-refractivity contribution < 1.29 is 14.7 Å². The van der Waals surface area contributed by atoms with Crippen molar-refractivity contribution in [3.63, 3.8) is 0 Å². The smallest absolute Gasteiger partial charge is 0.254 e. The van der Waals surface area contributed by atoms with Gasteiger partial charge in [0.25, 0.3) is 11.8 Å². The zero-order valence-corrected chi connectivity index (χ0v) is 8.75. The maximum Gasteiger partial charge on any atom is 0.254 e. The first-order valence-electron chi connectivity index (χ1n) is 4.94. The number of nitrogens with zero attached hydrogens (tertiary/aromatic N) is 1. The molecule has 1 aliphatic rings. The van der Waals surface area contributed by atoms with Crippen molar-refractivity contribution in [2.24, 2.45) is 0 Å². The number of imide groups is 1. The van der Waals surface area contributed by atoms with Gasteiger partial charge in [-0.05, 0) is 24.6 Å². The van der Waals surface area contributed by atoms with E-state index in [1.165, 1.54) is 29.2 Å². The van der Waals surface area contributed by atoms with E-state index in [1.54, 1.807) is 19.1 Å². The number of amides is 2. The molecule has 2 amide bonds. The number of benzene rings is 1. The quantitative estimate of drug-likeness (QED) is 0.761. The summed E-state index contributed by atoms with van der Waals surface area (Å²) in [6.45, 7) is 1.77. The molecule has 1 heterocycles. The predicted molar refractivity (Wildman–Crippen MR) is 57.5 cm³/mol. The Morgan fingerprint density at radius 1 is 1.06 bits per heavy atom. The molecule has 2 rings (SSSR count). The molecule has 0 fully saturated rings. The van der Waals surface area contributed by atoms with E-state index in [2.05, 4.69) is 0 Å². The number of aromatic hydroxyl groups is 1. The Hall–Kier alpha value is -2.10. The molecule has 0 spiro atoms. The minimum atomic E-state index is -0.324. The van der Waals surface area contributed by atoms with E-state index in [1.807, 2.05) is 0 Å². The number of phenols is 1. The van der Waals surface area contributed by atoms with Crippen molar-refractivity contribution in [3.8, 4) is 5.75 Å². The van der Waals surface area contributed by atoms with Gasteiger partial charge < -0.3 is 5.11 Å². The van der Waals surface area contributed by atoms with Crippen LogP contribution in [-0.2, 0) is 9.59 Å². The minimum absolute atomic E-state index is 0.160. The van der Waals surface area contributed by atoms with E-state index in [0.29, 0.717) is 0 Å². The fourth-order valence-corrected chi connectivity index (χ4v) is 1.70. The molecule has 0 bridgehead atoms. The minimum Gasteiger partial charge on any atom is -0.508 e. The Kier molecular flexibility index (Phi) is 2.48. The second kappa shape index (κ2) is 3.81. The number of carbonyl (C=O) groups excluding carboxylic acids is 2. The van der Waals surface area contributed by atoms with E-state index in [0.717, 1.165) is 5.56 Å². The van der Waals surface area contributed by atoms with Gasteiger partial charge in [0.05, 0.1) is 6.04 Å². The average Bonchev–Trinajstić information content (AvgIpc) is 2.59. The van der Waals surface area contributed by atoms with Crippen LogP contribution in [-0.4, -0.2) is 21.8 Å². The SMILES string of the molecule is C[C@@H](c1ccc(O)cc1)N1C(=O)C=CC1=O. The highest BCUT2D eigenvalue weighted by molar-refractivity contribution is 6.13. The largest absolute Gasteiger partial charge is 0.508 e. The van der Waals surface area contributed by atoms with Gasteiger partial charge in [-0.2, -0.15) is 0 Å². The Balaban J connectivity index is 2.25. The maximum absolute atomic E-state index is 11.4. The van der Waals surface area contributed by atoms with Crippen LogP contribution >= 0.6 is 0 Å². The highest BCUT2D eigenvalue weighted by Crippen LogP contribution is 2.24. The lowest BCUT2D eigenvalue weighted by atomic mass is 10.1. The van der Waals surface area contributed by atoms with Crippen LogP contribution in [0.4, 0.5) is 0 Å². The number of rotatable bonds is 2. The zero-order chi connectivity index (χ0) is 11.7. The van der Waals surface area contributed by atoms with E-state index >= 15 is 0 Å². The van der Waals surface area contributed by atoms with E-state index in [9.17, 15) is 9.59 Å². The van der Waals surface area contributed by atoms with Gasteiger partial charge in [0.15, 0.2) is 0 Å². The first kappa shape index (κ1) is 10.4. The summed E-state index contributed by atoms with van der Waals surface area (Å²) in [6, 6.07) is 6.13. The van der Waals surface area contributed by atoms with Gasteiger partial charge in [0.1, 0.15) is 5.75 Å². The molecule has 16 heavy (non-hydrogen) atoms. The van der Waals surface area contributed by atoms with E-state index < -0.39 is 0 Å². The Bertz CT molecular complexity index is 444. The third kappa shape index (κ3) is 1.69. The van der Waals surface area contributed by atoms with Crippen molar-refractivity contribution in [1.29, 1.82) is 0 Å².